The van der Waals surface area contributed by atoms with Crippen LogP contribution in [0.25, 0.3) is 11.0 Å². The van der Waals surface area contributed by atoms with Crippen molar-refractivity contribution in [2.75, 3.05) is 24.8 Å². The SMILES string of the molecule is O=C1CC(c2nc3ccccc3n2CCCOc2ccccc2)CN1c1ccc2c(c1)OCO2. The Morgan fingerprint density at radius 3 is 2.71 bits per heavy atom. The highest BCUT2D eigenvalue weighted by molar-refractivity contribution is 5.97. The first-order chi connectivity index (χ1) is 16.8. The number of amides is 1. The second kappa shape index (κ2) is 8.74. The van der Waals surface area contributed by atoms with E-state index in [1.165, 1.54) is 0 Å². The lowest BCUT2D eigenvalue weighted by atomic mass is 10.1. The minimum atomic E-state index is 0.0142. The number of fused-ring (bicyclic) bond motifs is 2. The highest BCUT2D eigenvalue weighted by atomic mass is 16.7. The van der Waals surface area contributed by atoms with Gasteiger partial charge in [0.1, 0.15) is 11.6 Å². The van der Waals surface area contributed by atoms with E-state index in [0.29, 0.717) is 31.1 Å². The van der Waals surface area contributed by atoms with E-state index < -0.39 is 0 Å². The van der Waals surface area contributed by atoms with Crippen LogP contribution in [-0.4, -0.2) is 35.4 Å². The van der Waals surface area contributed by atoms with Crippen molar-refractivity contribution in [3.8, 4) is 17.2 Å². The molecule has 1 unspecified atom stereocenters. The van der Waals surface area contributed by atoms with Crippen molar-refractivity contribution in [1.29, 1.82) is 0 Å². The molecular formula is C27H25N3O4. The summed E-state index contributed by atoms with van der Waals surface area (Å²) >= 11 is 0. The van der Waals surface area contributed by atoms with E-state index in [2.05, 4.69) is 10.6 Å². The third-order valence-electron chi connectivity index (χ3n) is 6.38. The molecule has 2 aliphatic rings. The van der Waals surface area contributed by atoms with Crippen LogP contribution in [0, 0.1) is 0 Å². The summed E-state index contributed by atoms with van der Waals surface area (Å²) in [6.07, 6.45) is 1.27. The number of aromatic nitrogens is 2. The standard InChI is InChI=1S/C27H25N3O4/c31-26-15-19(17-30(26)20-11-12-24-25(16-20)34-18-33-24)27-28-22-9-4-5-10-23(22)29(27)13-6-14-32-21-7-2-1-3-8-21/h1-5,7-12,16,19H,6,13-15,17-18H2. The summed E-state index contributed by atoms with van der Waals surface area (Å²) in [4.78, 5) is 19.8. The van der Waals surface area contributed by atoms with Crippen molar-refractivity contribution >= 4 is 22.6 Å². The van der Waals surface area contributed by atoms with E-state index in [1.54, 1.807) is 0 Å². The molecule has 0 N–H and O–H groups in total. The van der Waals surface area contributed by atoms with Crippen LogP contribution in [0.1, 0.15) is 24.6 Å². The van der Waals surface area contributed by atoms with Gasteiger partial charge in [0.15, 0.2) is 11.5 Å². The maximum Gasteiger partial charge on any atom is 0.231 e. The highest BCUT2D eigenvalue weighted by Gasteiger charge is 2.35. The fourth-order valence-corrected chi connectivity index (χ4v) is 4.75. The Labute approximate surface area is 197 Å². The Balaban J connectivity index is 1.22. The number of benzene rings is 3. The molecule has 3 heterocycles. The van der Waals surface area contributed by atoms with Gasteiger partial charge in [-0.25, -0.2) is 4.98 Å². The number of anilines is 1. The molecule has 1 aromatic heterocycles. The van der Waals surface area contributed by atoms with Gasteiger partial charge < -0.3 is 23.7 Å². The molecule has 7 heteroatoms. The van der Waals surface area contributed by atoms with E-state index in [4.69, 9.17) is 19.2 Å². The minimum absolute atomic E-state index is 0.0142. The molecule has 4 aromatic rings. The van der Waals surface area contributed by atoms with Crippen LogP contribution in [-0.2, 0) is 11.3 Å². The van der Waals surface area contributed by atoms with Crippen molar-refractivity contribution in [1.82, 2.24) is 9.55 Å². The first-order valence-corrected chi connectivity index (χ1v) is 11.6. The number of carbonyl (C=O) groups excluding carboxylic acids is 1. The molecule has 172 valence electrons. The van der Waals surface area contributed by atoms with Crippen LogP contribution < -0.4 is 19.1 Å². The van der Waals surface area contributed by atoms with Crippen molar-refractivity contribution in [2.24, 2.45) is 0 Å². The van der Waals surface area contributed by atoms with Crippen LogP contribution in [0.2, 0.25) is 0 Å². The summed E-state index contributed by atoms with van der Waals surface area (Å²) in [5.41, 5.74) is 2.87. The highest BCUT2D eigenvalue weighted by Crippen LogP contribution is 2.39. The Morgan fingerprint density at radius 1 is 0.971 bits per heavy atom. The smallest absolute Gasteiger partial charge is 0.231 e. The monoisotopic (exact) mass is 455 g/mol. The lowest BCUT2D eigenvalue weighted by Gasteiger charge is -2.18. The van der Waals surface area contributed by atoms with Gasteiger partial charge in [0, 0.05) is 37.2 Å². The summed E-state index contributed by atoms with van der Waals surface area (Å²) in [6.45, 7) is 2.19. The van der Waals surface area contributed by atoms with Gasteiger partial charge in [0.2, 0.25) is 12.7 Å². The third kappa shape index (κ3) is 3.83. The summed E-state index contributed by atoms with van der Waals surface area (Å²) in [7, 11) is 0. The lowest BCUT2D eigenvalue weighted by Crippen LogP contribution is -2.24. The number of ether oxygens (including phenoxy) is 3. The van der Waals surface area contributed by atoms with Crippen LogP contribution in [0.15, 0.2) is 72.8 Å². The summed E-state index contributed by atoms with van der Waals surface area (Å²) in [5.74, 6) is 3.33. The number of carbonyl (C=O) groups is 1. The zero-order chi connectivity index (χ0) is 22.9. The number of hydrogen-bond donors (Lipinski definition) is 0. The Hall–Kier alpha value is -4.00. The third-order valence-corrected chi connectivity index (χ3v) is 6.38. The van der Waals surface area contributed by atoms with Gasteiger partial charge in [-0.3, -0.25) is 4.79 Å². The molecule has 0 bridgehead atoms. The molecule has 7 nitrogen and oxygen atoms in total. The second-order valence-corrected chi connectivity index (χ2v) is 8.57. The van der Waals surface area contributed by atoms with Crippen LogP contribution in [0.3, 0.4) is 0 Å². The zero-order valence-corrected chi connectivity index (χ0v) is 18.7. The van der Waals surface area contributed by atoms with Gasteiger partial charge >= 0.3 is 0 Å². The van der Waals surface area contributed by atoms with Gasteiger partial charge in [0.25, 0.3) is 0 Å². The van der Waals surface area contributed by atoms with Gasteiger partial charge in [-0.1, -0.05) is 30.3 Å². The average Bonchev–Trinajstić information content (AvgIpc) is 3.58. The Morgan fingerprint density at radius 2 is 1.79 bits per heavy atom. The molecular weight excluding hydrogens is 430 g/mol. The van der Waals surface area contributed by atoms with Crippen molar-refractivity contribution in [3.05, 3.63) is 78.6 Å². The second-order valence-electron chi connectivity index (χ2n) is 8.57. The molecule has 2 aliphatic heterocycles. The molecule has 0 saturated carbocycles. The van der Waals surface area contributed by atoms with E-state index in [0.717, 1.165) is 41.3 Å². The maximum absolute atomic E-state index is 13.0. The van der Waals surface area contributed by atoms with Crippen molar-refractivity contribution < 1.29 is 19.0 Å². The normalized spacial score (nSPS) is 17.0. The van der Waals surface area contributed by atoms with Crippen molar-refractivity contribution in [2.45, 2.75) is 25.3 Å². The average molecular weight is 456 g/mol. The van der Waals surface area contributed by atoms with Crippen molar-refractivity contribution in [3.63, 3.8) is 0 Å². The van der Waals surface area contributed by atoms with Crippen LogP contribution >= 0.6 is 0 Å². The lowest BCUT2D eigenvalue weighted by molar-refractivity contribution is -0.117. The molecule has 1 fully saturated rings. The molecule has 1 amide bonds. The van der Waals surface area contributed by atoms with Gasteiger partial charge in [0.05, 0.1) is 17.6 Å². The van der Waals surface area contributed by atoms with Gasteiger partial charge in [-0.15, -0.1) is 0 Å². The molecule has 1 atom stereocenters. The predicted molar refractivity (Wildman–Crippen MR) is 129 cm³/mol. The Bertz CT molecular complexity index is 1330. The summed E-state index contributed by atoms with van der Waals surface area (Å²) in [5, 5.41) is 0. The number of imidazole rings is 1. The summed E-state index contributed by atoms with van der Waals surface area (Å²) in [6, 6.07) is 23.7. The van der Waals surface area contributed by atoms with Crippen LogP contribution in [0.4, 0.5) is 5.69 Å². The first kappa shape index (κ1) is 20.6. The number of para-hydroxylation sites is 3. The number of rotatable bonds is 7. The van der Waals surface area contributed by atoms with E-state index in [1.807, 2.05) is 71.6 Å². The predicted octanol–water partition coefficient (Wildman–Crippen LogP) is 4.75. The fraction of sp³-hybridized carbons (Fsp3) is 0.259. The molecule has 0 radical (unpaired) electrons. The molecule has 34 heavy (non-hydrogen) atoms. The van der Waals surface area contributed by atoms with E-state index >= 15 is 0 Å². The molecule has 3 aromatic carbocycles. The first-order valence-electron chi connectivity index (χ1n) is 11.6. The number of hydrogen-bond acceptors (Lipinski definition) is 5. The van der Waals surface area contributed by atoms with Crippen LogP contribution in [0.5, 0.6) is 17.2 Å². The number of aryl methyl sites for hydroxylation is 1. The maximum atomic E-state index is 13.0. The number of nitrogens with zero attached hydrogens (tertiary/aromatic N) is 3. The molecule has 1 saturated heterocycles. The summed E-state index contributed by atoms with van der Waals surface area (Å²) < 4.78 is 19.1. The van der Waals surface area contributed by atoms with E-state index in [9.17, 15) is 4.79 Å². The topological polar surface area (TPSA) is 65.8 Å². The fourth-order valence-electron chi connectivity index (χ4n) is 4.75. The molecule has 6 rings (SSSR count). The molecule has 0 spiro atoms. The quantitative estimate of drug-likeness (QED) is 0.376. The van der Waals surface area contributed by atoms with E-state index in [-0.39, 0.29) is 18.6 Å². The molecule has 0 aliphatic carbocycles. The zero-order valence-electron chi connectivity index (χ0n) is 18.7. The van der Waals surface area contributed by atoms with Gasteiger partial charge in [-0.05, 0) is 42.8 Å². The largest absolute Gasteiger partial charge is 0.494 e. The minimum Gasteiger partial charge on any atom is -0.494 e. The van der Waals surface area contributed by atoms with Gasteiger partial charge in [-0.2, -0.15) is 0 Å². The Kier molecular flexibility index (Phi) is 5.30.